The van der Waals surface area contributed by atoms with Gasteiger partial charge in [-0.1, -0.05) is 23.2 Å². The van der Waals surface area contributed by atoms with Gasteiger partial charge in [0.25, 0.3) is 0 Å². The van der Waals surface area contributed by atoms with E-state index in [1.165, 1.54) is 18.2 Å². The SMILES string of the molecule is CS(=O)(=O)N(CC(=O)Nc1ccc(C#N)cc1)c1ccc(Cl)cc1Cl. The van der Waals surface area contributed by atoms with Gasteiger partial charge in [-0.2, -0.15) is 5.26 Å². The maximum atomic E-state index is 12.2. The molecular weight excluding hydrogens is 385 g/mol. The molecule has 0 aliphatic carbocycles. The molecule has 130 valence electrons. The topological polar surface area (TPSA) is 90.3 Å². The second kappa shape index (κ2) is 7.74. The number of amides is 1. The first-order valence-electron chi connectivity index (χ1n) is 6.93. The Kier molecular flexibility index (Phi) is 5.90. The molecular formula is C16H13Cl2N3O3S. The Bertz CT molecular complexity index is 938. The summed E-state index contributed by atoms with van der Waals surface area (Å²) < 4.78 is 25.0. The van der Waals surface area contributed by atoms with Gasteiger partial charge >= 0.3 is 0 Å². The van der Waals surface area contributed by atoms with E-state index in [1.54, 1.807) is 24.3 Å². The Balaban J connectivity index is 2.22. The van der Waals surface area contributed by atoms with E-state index >= 15 is 0 Å². The molecule has 0 aromatic heterocycles. The first-order valence-corrected chi connectivity index (χ1v) is 9.54. The van der Waals surface area contributed by atoms with E-state index in [1.807, 2.05) is 6.07 Å². The first-order chi connectivity index (χ1) is 11.7. The molecule has 0 spiro atoms. The Labute approximate surface area is 155 Å². The number of nitrogens with zero attached hydrogens (tertiary/aromatic N) is 2. The summed E-state index contributed by atoms with van der Waals surface area (Å²) in [6, 6.07) is 12.5. The quantitative estimate of drug-likeness (QED) is 0.837. The fourth-order valence-electron chi connectivity index (χ4n) is 2.02. The number of hydrogen-bond donors (Lipinski definition) is 1. The summed E-state index contributed by atoms with van der Waals surface area (Å²) in [7, 11) is -3.75. The standard InChI is InChI=1S/C16H13Cl2N3O3S/c1-25(23,24)21(15-7-4-12(17)8-14(15)18)10-16(22)20-13-5-2-11(9-19)3-6-13/h2-8H,10H2,1H3,(H,20,22). The smallest absolute Gasteiger partial charge is 0.245 e. The molecule has 6 nitrogen and oxygen atoms in total. The molecule has 0 heterocycles. The molecule has 2 aromatic carbocycles. The summed E-state index contributed by atoms with van der Waals surface area (Å²) in [6.07, 6.45) is 0.979. The highest BCUT2D eigenvalue weighted by Gasteiger charge is 2.23. The Morgan fingerprint density at radius 2 is 1.84 bits per heavy atom. The zero-order valence-electron chi connectivity index (χ0n) is 13.0. The minimum absolute atomic E-state index is 0.115. The minimum atomic E-state index is -3.75. The molecule has 9 heteroatoms. The molecule has 0 aliphatic rings. The second-order valence-electron chi connectivity index (χ2n) is 5.10. The fraction of sp³-hybridized carbons (Fsp3) is 0.125. The number of rotatable bonds is 5. The van der Waals surface area contributed by atoms with Crippen LogP contribution in [0.4, 0.5) is 11.4 Å². The average Bonchev–Trinajstić information content (AvgIpc) is 2.53. The third-order valence-corrected chi connectivity index (χ3v) is 4.83. The number of sulfonamides is 1. The number of carbonyl (C=O) groups excluding carboxylic acids is 1. The van der Waals surface area contributed by atoms with Crippen molar-refractivity contribution in [3.8, 4) is 6.07 Å². The van der Waals surface area contributed by atoms with Crippen LogP contribution in [0.2, 0.25) is 10.0 Å². The van der Waals surface area contributed by atoms with E-state index in [4.69, 9.17) is 28.5 Å². The number of nitrogens with one attached hydrogen (secondary N) is 1. The van der Waals surface area contributed by atoms with Gasteiger partial charge in [-0.3, -0.25) is 9.10 Å². The maximum Gasteiger partial charge on any atom is 0.245 e. The van der Waals surface area contributed by atoms with E-state index < -0.39 is 22.5 Å². The zero-order valence-corrected chi connectivity index (χ0v) is 15.4. The van der Waals surface area contributed by atoms with Gasteiger partial charge in [0.2, 0.25) is 15.9 Å². The molecule has 25 heavy (non-hydrogen) atoms. The van der Waals surface area contributed by atoms with Crippen molar-refractivity contribution in [3.05, 3.63) is 58.1 Å². The van der Waals surface area contributed by atoms with Crippen molar-refractivity contribution in [2.24, 2.45) is 0 Å². The van der Waals surface area contributed by atoms with Crippen LogP contribution in [0.15, 0.2) is 42.5 Å². The summed E-state index contributed by atoms with van der Waals surface area (Å²) >= 11 is 11.9. The lowest BCUT2D eigenvalue weighted by Crippen LogP contribution is -2.37. The lowest BCUT2D eigenvalue weighted by atomic mass is 10.2. The van der Waals surface area contributed by atoms with Gasteiger partial charge in [0.15, 0.2) is 0 Å². The normalized spacial score (nSPS) is 10.8. The summed E-state index contributed by atoms with van der Waals surface area (Å²) in [5.41, 5.74) is 1.05. The highest BCUT2D eigenvalue weighted by atomic mass is 35.5. The van der Waals surface area contributed by atoms with Crippen molar-refractivity contribution in [3.63, 3.8) is 0 Å². The number of anilines is 2. The van der Waals surface area contributed by atoms with Crippen LogP contribution < -0.4 is 9.62 Å². The van der Waals surface area contributed by atoms with Crippen molar-refractivity contribution in [2.45, 2.75) is 0 Å². The van der Waals surface area contributed by atoms with Crippen LogP contribution >= 0.6 is 23.2 Å². The lowest BCUT2D eigenvalue weighted by Gasteiger charge is -2.23. The number of benzene rings is 2. The highest BCUT2D eigenvalue weighted by molar-refractivity contribution is 7.92. The van der Waals surface area contributed by atoms with Gasteiger partial charge in [0, 0.05) is 10.7 Å². The maximum absolute atomic E-state index is 12.2. The first kappa shape index (κ1) is 19.1. The molecule has 0 atom stereocenters. The molecule has 0 unspecified atom stereocenters. The van der Waals surface area contributed by atoms with E-state index in [0.29, 0.717) is 16.3 Å². The predicted molar refractivity (Wildman–Crippen MR) is 98.4 cm³/mol. The fourth-order valence-corrected chi connectivity index (χ4v) is 3.45. The van der Waals surface area contributed by atoms with Crippen LogP contribution in [0.3, 0.4) is 0 Å². The van der Waals surface area contributed by atoms with Crippen LogP contribution in [0.1, 0.15) is 5.56 Å². The third kappa shape index (κ3) is 5.10. The van der Waals surface area contributed by atoms with Crippen molar-refractivity contribution >= 4 is 50.5 Å². The molecule has 2 aromatic rings. The van der Waals surface area contributed by atoms with Gasteiger partial charge in [0.1, 0.15) is 6.54 Å². The zero-order chi connectivity index (χ0) is 18.6. The molecule has 0 fully saturated rings. The Morgan fingerprint density at radius 1 is 1.20 bits per heavy atom. The van der Waals surface area contributed by atoms with E-state index in [2.05, 4.69) is 5.32 Å². The molecule has 2 rings (SSSR count). The van der Waals surface area contributed by atoms with Crippen molar-refractivity contribution in [2.75, 3.05) is 22.4 Å². The van der Waals surface area contributed by atoms with Crippen LogP contribution in [0.5, 0.6) is 0 Å². The van der Waals surface area contributed by atoms with Crippen LogP contribution in [-0.4, -0.2) is 27.1 Å². The minimum Gasteiger partial charge on any atom is -0.325 e. The van der Waals surface area contributed by atoms with Crippen LogP contribution in [0, 0.1) is 11.3 Å². The largest absolute Gasteiger partial charge is 0.325 e. The molecule has 1 amide bonds. The molecule has 0 radical (unpaired) electrons. The molecule has 0 aliphatic heterocycles. The number of halogens is 2. The second-order valence-corrected chi connectivity index (χ2v) is 7.85. The highest BCUT2D eigenvalue weighted by Crippen LogP contribution is 2.30. The Morgan fingerprint density at radius 3 is 2.36 bits per heavy atom. The van der Waals surface area contributed by atoms with Crippen molar-refractivity contribution in [1.29, 1.82) is 5.26 Å². The molecule has 0 saturated heterocycles. The monoisotopic (exact) mass is 397 g/mol. The molecule has 0 saturated carbocycles. The average molecular weight is 398 g/mol. The van der Waals surface area contributed by atoms with Gasteiger partial charge in [-0.25, -0.2) is 8.42 Å². The number of nitriles is 1. The number of carbonyl (C=O) groups is 1. The van der Waals surface area contributed by atoms with Crippen molar-refractivity contribution < 1.29 is 13.2 Å². The summed E-state index contributed by atoms with van der Waals surface area (Å²) in [5, 5.41) is 11.8. The Hall–Kier alpha value is -2.27. The van der Waals surface area contributed by atoms with Crippen molar-refractivity contribution in [1.82, 2.24) is 0 Å². The molecule has 1 N–H and O–H groups in total. The van der Waals surface area contributed by atoms with E-state index in [0.717, 1.165) is 10.6 Å². The van der Waals surface area contributed by atoms with Gasteiger partial charge in [-0.15, -0.1) is 0 Å². The summed E-state index contributed by atoms with van der Waals surface area (Å²) in [4.78, 5) is 12.2. The van der Waals surface area contributed by atoms with Crippen LogP contribution in [0.25, 0.3) is 0 Å². The lowest BCUT2D eigenvalue weighted by molar-refractivity contribution is -0.114. The third-order valence-electron chi connectivity index (χ3n) is 3.16. The van der Waals surface area contributed by atoms with Crippen LogP contribution in [-0.2, 0) is 14.8 Å². The predicted octanol–water partition coefficient (Wildman–Crippen LogP) is 3.27. The van der Waals surface area contributed by atoms with Gasteiger partial charge in [-0.05, 0) is 42.5 Å². The van der Waals surface area contributed by atoms with E-state index in [9.17, 15) is 13.2 Å². The summed E-state index contributed by atoms with van der Waals surface area (Å²) in [5.74, 6) is -0.554. The molecule has 0 bridgehead atoms. The van der Waals surface area contributed by atoms with Gasteiger partial charge in [0.05, 0.1) is 28.6 Å². The van der Waals surface area contributed by atoms with E-state index in [-0.39, 0.29) is 10.7 Å². The summed E-state index contributed by atoms with van der Waals surface area (Å²) in [6.45, 7) is -0.458. The number of hydrogen-bond acceptors (Lipinski definition) is 4. The van der Waals surface area contributed by atoms with Gasteiger partial charge < -0.3 is 5.32 Å².